The monoisotopic (exact) mass is 403 g/mol. The molecule has 0 aliphatic heterocycles. The second-order valence-electron chi connectivity index (χ2n) is 5.02. The first-order valence-electron chi connectivity index (χ1n) is 7.10. The molecule has 3 heterocycles. The first kappa shape index (κ1) is 16.6. The average Bonchev–Trinajstić information content (AvgIpc) is 3.07. The Morgan fingerprint density at radius 3 is 2.88 bits per heavy atom. The van der Waals surface area contributed by atoms with E-state index < -0.39 is 0 Å². The van der Waals surface area contributed by atoms with E-state index in [0.29, 0.717) is 10.8 Å². The van der Waals surface area contributed by atoms with Crippen LogP contribution in [0.3, 0.4) is 0 Å². The summed E-state index contributed by atoms with van der Waals surface area (Å²) in [5.74, 6) is 0.374. The van der Waals surface area contributed by atoms with E-state index in [1.165, 1.54) is 11.3 Å². The molecule has 7 heteroatoms. The van der Waals surface area contributed by atoms with Gasteiger partial charge in [0.2, 0.25) is 5.88 Å². The zero-order valence-corrected chi connectivity index (χ0v) is 15.4. The van der Waals surface area contributed by atoms with Gasteiger partial charge in [-0.25, -0.2) is 4.98 Å². The maximum absolute atomic E-state index is 12.5. The third kappa shape index (κ3) is 3.47. The number of aromatic nitrogens is 2. The summed E-state index contributed by atoms with van der Waals surface area (Å²) in [6.07, 6.45) is 5.05. The number of carbonyl (C=O) groups is 1. The van der Waals surface area contributed by atoms with Crippen molar-refractivity contribution in [1.82, 2.24) is 9.97 Å². The second-order valence-corrected chi connectivity index (χ2v) is 7.02. The normalized spacial score (nSPS) is 10.5. The molecule has 0 unspecified atom stereocenters. The van der Waals surface area contributed by atoms with Crippen molar-refractivity contribution in [1.29, 1.82) is 0 Å². The number of anilines is 1. The molecule has 5 nitrogen and oxygen atoms in total. The Bertz CT molecular complexity index is 895. The molecule has 0 aliphatic rings. The van der Waals surface area contributed by atoms with Gasteiger partial charge in [-0.2, -0.15) is 0 Å². The predicted octanol–water partition coefficient (Wildman–Crippen LogP) is 4.54. The lowest BCUT2D eigenvalue weighted by molar-refractivity contribution is 0.103. The third-order valence-corrected chi connectivity index (χ3v) is 4.93. The van der Waals surface area contributed by atoms with Gasteiger partial charge in [0, 0.05) is 33.6 Å². The van der Waals surface area contributed by atoms with Crippen LogP contribution in [-0.2, 0) is 0 Å². The minimum absolute atomic E-state index is 0.150. The first-order valence-corrected chi connectivity index (χ1v) is 8.71. The number of rotatable bonds is 4. The molecule has 0 aliphatic carbocycles. The van der Waals surface area contributed by atoms with Gasteiger partial charge in [0.05, 0.1) is 17.6 Å². The molecule has 122 valence electrons. The summed E-state index contributed by atoms with van der Waals surface area (Å²) in [6, 6.07) is 7.40. The predicted molar refractivity (Wildman–Crippen MR) is 98.7 cm³/mol. The fourth-order valence-electron chi connectivity index (χ4n) is 2.17. The van der Waals surface area contributed by atoms with Crippen LogP contribution in [0.1, 0.15) is 15.2 Å². The molecule has 3 rings (SSSR count). The highest BCUT2D eigenvalue weighted by Gasteiger charge is 2.15. The number of methoxy groups -OCH3 is 1. The van der Waals surface area contributed by atoms with Crippen LogP contribution in [0.25, 0.3) is 10.4 Å². The van der Waals surface area contributed by atoms with Crippen molar-refractivity contribution >= 4 is 38.9 Å². The summed E-state index contributed by atoms with van der Waals surface area (Å²) >= 11 is 4.80. The van der Waals surface area contributed by atoms with Crippen LogP contribution in [0.4, 0.5) is 5.69 Å². The van der Waals surface area contributed by atoms with E-state index in [0.717, 1.165) is 26.2 Å². The molecule has 0 bridgehead atoms. The van der Waals surface area contributed by atoms with Gasteiger partial charge in [0.15, 0.2) is 0 Å². The van der Waals surface area contributed by atoms with Gasteiger partial charge < -0.3 is 10.1 Å². The standard InChI is InChI=1S/C17H14BrN3O2S/c1-10-8-19-6-5-13(10)21-16(22)15-4-3-14(24-15)12-7-11(18)9-20-17(12)23-2/h3-9H,1-2H3,(H,19,21,22). The summed E-state index contributed by atoms with van der Waals surface area (Å²) in [4.78, 5) is 22.2. The number of halogens is 1. The Hall–Kier alpha value is -2.25. The van der Waals surface area contributed by atoms with Gasteiger partial charge >= 0.3 is 0 Å². The number of nitrogens with one attached hydrogen (secondary N) is 1. The molecule has 0 aromatic carbocycles. The lowest BCUT2D eigenvalue weighted by Crippen LogP contribution is -2.11. The summed E-state index contributed by atoms with van der Waals surface area (Å²) < 4.78 is 6.16. The van der Waals surface area contributed by atoms with Crippen molar-refractivity contribution in [2.75, 3.05) is 12.4 Å². The van der Waals surface area contributed by atoms with E-state index in [-0.39, 0.29) is 5.91 Å². The van der Waals surface area contributed by atoms with E-state index in [1.54, 1.807) is 37.8 Å². The van der Waals surface area contributed by atoms with Crippen LogP contribution < -0.4 is 10.1 Å². The van der Waals surface area contributed by atoms with E-state index in [9.17, 15) is 4.79 Å². The van der Waals surface area contributed by atoms with Crippen LogP contribution >= 0.6 is 27.3 Å². The molecule has 0 radical (unpaired) electrons. The second kappa shape index (κ2) is 7.11. The van der Waals surface area contributed by atoms with Gasteiger partial charge in [-0.3, -0.25) is 9.78 Å². The van der Waals surface area contributed by atoms with Gasteiger partial charge in [0.1, 0.15) is 0 Å². The Kier molecular flexibility index (Phi) is 4.92. The Morgan fingerprint density at radius 1 is 1.29 bits per heavy atom. The van der Waals surface area contributed by atoms with Gasteiger partial charge in [-0.05, 0) is 52.7 Å². The molecule has 24 heavy (non-hydrogen) atoms. The Morgan fingerprint density at radius 2 is 2.12 bits per heavy atom. The first-order chi connectivity index (χ1) is 11.6. The number of hydrogen-bond donors (Lipinski definition) is 1. The summed E-state index contributed by atoms with van der Waals surface area (Å²) in [5, 5.41) is 2.91. The highest BCUT2D eigenvalue weighted by Crippen LogP contribution is 2.35. The van der Waals surface area contributed by atoms with Crippen molar-refractivity contribution in [3.63, 3.8) is 0 Å². The van der Waals surface area contributed by atoms with E-state index >= 15 is 0 Å². The van der Waals surface area contributed by atoms with Crippen LogP contribution in [0.2, 0.25) is 0 Å². The SMILES string of the molecule is COc1ncc(Br)cc1-c1ccc(C(=O)Nc2ccncc2C)s1. The van der Waals surface area contributed by atoms with Crippen LogP contribution in [-0.4, -0.2) is 23.0 Å². The van der Waals surface area contributed by atoms with Gasteiger partial charge in [0.25, 0.3) is 5.91 Å². The molecule has 1 N–H and O–H groups in total. The highest BCUT2D eigenvalue weighted by molar-refractivity contribution is 9.10. The molecule has 0 fully saturated rings. The Balaban J connectivity index is 1.87. The zero-order valence-electron chi connectivity index (χ0n) is 13.0. The van der Waals surface area contributed by atoms with Crippen molar-refractivity contribution in [3.05, 3.63) is 57.8 Å². The fraction of sp³-hybridized carbons (Fsp3) is 0.118. The molecular formula is C17H14BrN3O2S. The zero-order chi connectivity index (χ0) is 17.1. The number of thiophene rings is 1. The molecule has 0 spiro atoms. The van der Waals surface area contributed by atoms with Crippen molar-refractivity contribution in [2.24, 2.45) is 0 Å². The van der Waals surface area contributed by atoms with Crippen LogP contribution in [0.15, 0.2) is 47.3 Å². The van der Waals surface area contributed by atoms with Crippen LogP contribution in [0, 0.1) is 6.92 Å². The van der Waals surface area contributed by atoms with Gasteiger partial charge in [-0.1, -0.05) is 0 Å². The summed E-state index contributed by atoms with van der Waals surface area (Å²) in [6.45, 7) is 1.90. The number of aryl methyl sites for hydroxylation is 1. The average molecular weight is 404 g/mol. The summed E-state index contributed by atoms with van der Waals surface area (Å²) in [5.41, 5.74) is 2.52. The number of pyridine rings is 2. The molecule has 0 saturated carbocycles. The number of nitrogens with zero attached hydrogens (tertiary/aromatic N) is 2. The van der Waals surface area contributed by atoms with Crippen molar-refractivity contribution < 1.29 is 9.53 Å². The topological polar surface area (TPSA) is 64.1 Å². The van der Waals surface area contributed by atoms with Crippen molar-refractivity contribution in [3.8, 4) is 16.3 Å². The Labute approximate surface area is 151 Å². The maximum Gasteiger partial charge on any atom is 0.265 e. The molecule has 1 amide bonds. The van der Waals surface area contributed by atoms with Crippen LogP contribution in [0.5, 0.6) is 5.88 Å². The molecule has 0 atom stereocenters. The smallest absolute Gasteiger partial charge is 0.265 e. The lowest BCUT2D eigenvalue weighted by Gasteiger charge is -2.06. The maximum atomic E-state index is 12.5. The molecule has 0 saturated heterocycles. The molecular weight excluding hydrogens is 390 g/mol. The summed E-state index contributed by atoms with van der Waals surface area (Å²) in [7, 11) is 1.58. The fourth-order valence-corrected chi connectivity index (χ4v) is 3.41. The molecule has 3 aromatic rings. The number of ether oxygens (including phenoxy) is 1. The quantitative estimate of drug-likeness (QED) is 0.694. The third-order valence-electron chi connectivity index (χ3n) is 3.37. The van der Waals surface area contributed by atoms with E-state index in [1.807, 2.05) is 19.1 Å². The van der Waals surface area contributed by atoms with E-state index in [4.69, 9.17) is 4.74 Å². The molecule has 3 aromatic heterocycles. The largest absolute Gasteiger partial charge is 0.481 e. The van der Waals surface area contributed by atoms with Gasteiger partial charge in [-0.15, -0.1) is 11.3 Å². The lowest BCUT2D eigenvalue weighted by atomic mass is 10.2. The minimum Gasteiger partial charge on any atom is -0.481 e. The highest BCUT2D eigenvalue weighted by atomic mass is 79.9. The minimum atomic E-state index is -0.150. The number of hydrogen-bond acceptors (Lipinski definition) is 5. The van der Waals surface area contributed by atoms with Crippen molar-refractivity contribution in [2.45, 2.75) is 6.92 Å². The number of carbonyl (C=O) groups excluding carboxylic acids is 1. The number of amides is 1. The van der Waals surface area contributed by atoms with E-state index in [2.05, 4.69) is 31.2 Å².